The van der Waals surface area contributed by atoms with Crippen molar-refractivity contribution in [1.29, 1.82) is 0 Å². The van der Waals surface area contributed by atoms with Gasteiger partial charge in [0.05, 0.1) is 0 Å². The van der Waals surface area contributed by atoms with Gasteiger partial charge in [-0.15, -0.1) is 0 Å². The molecule has 20 heavy (non-hydrogen) atoms. The van der Waals surface area contributed by atoms with Crippen molar-refractivity contribution in [3.63, 3.8) is 0 Å². The van der Waals surface area contributed by atoms with Gasteiger partial charge in [0.1, 0.15) is 0 Å². The Labute approximate surface area is 125 Å². The van der Waals surface area contributed by atoms with Gasteiger partial charge in [-0.05, 0) is 41.1 Å². The van der Waals surface area contributed by atoms with Crippen molar-refractivity contribution >= 4 is 22.5 Å². The molecule has 0 fully saturated rings. The number of aliphatic hydroxyl groups is 1. The Balaban J connectivity index is 2.05. The molecule has 0 saturated carbocycles. The van der Waals surface area contributed by atoms with E-state index in [-0.39, 0.29) is 6.61 Å². The van der Waals surface area contributed by atoms with Crippen molar-refractivity contribution in [1.82, 2.24) is 5.32 Å². The van der Waals surface area contributed by atoms with Crippen LogP contribution < -0.4 is 5.32 Å². The molecule has 2 N–H and O–H groups in total. The number of thioether (sulfide) groups is 1. The van der Waals surface area contributed by atoms with Crippen LogP contribution in [0, 0.1) is 5.92 Å². The molecule has 2 nitrogen and oxygen atoms in total. The van der Waals surface area contributed by atoms with E-state index < -0.39 is 0 Å². The van der Waals surface area contributed by atoms with Crippen LogP contribution in [0.4, 0.5) is 0 Å². The third-order valence-electron chi connectivity index (χ3n) is 3.52. The van der Waals surface area contributed by atoms with Gasteiger partial charge in [0.2, 0.25) is 0 Å². The number of rotatable bonds is 7. The lowest BCUT2D eigenvalue weighted by atomic mass is 10.0. The number of hydrogen-bond acceptors (Lipinski definition) is 3. The maximum absolute atomic E-state index is 9.06. The molecule has 0 aliphatic rings. The first-order chi connectivity index (χ1) is 9.74. The highest BCUT2D eigenvalue weighted by molar-refractivity contribution is 7.99. The third kappa shape index (κ3) is 3.98. The SMILES string of the molecule is CNC(CSCC(C)CO)c1ccc2ccccc2c1. The Kier molecular flexibility index (Phi) is 5.89. The van der Waals surface area contributed by atoms with Gasteiger partial charge in [-0.3, -0.25) is 0 Å². The van der Waals surface area contributed by atoms with Crippen LogP contribution in [0.25, 0.3) is 10.8 Å². The second-order valence-electron chi connectivity index (χ2n) is 5.27. The van der Waals surface area contributed by atoms with E-state index in [1.165, 1.54) is 16.3 Å². The molecular formula is C17H23NOS. The average Bonchev–Trinajstić information content (AvgIpc) is 2.51. The standard InChI is InChI=1S/C17H23NOS/c1-13(10-19)11-20-12-17(18-2)16-8-7-14-5-3-4-6-15(14)9-16/h3-9,13,17-19H,10-12H2,1-2H3. The summed E-state index contributed by atoms with van der Waals surface area (Å²) in [7, 11) is 2.01. The zero-order valence-corrected chi connectivity index (χ0v) is 13.0. The molecule has 0 spiro atoms. The monoisotopic (exact) mass is 289 g/mol. The predicted molar refractivity (Wildman–Crippen MR) is 89.3 cm³/mol. The Bertz CT molecular complexity index is 543. The van der Waals surface area contributed by atoms with Gasteiger partial charge in [0.15, 0.2) is 0 Å². The summed E-state index contributed by atoms with van der Waals surface area (Å²) in [5.74, 6) is 2.40. The van der Waals surface area contributed by atoms with Gasteiger partial charge in [0.25, 0.3) is 0 Å². The minimum Gasteiger partial charge on any atom is -0.396 e. The van der Waals surface area contributed by atoms with Crippen molar-refractivity contribution in [3.8, 4) is 0 Å². The molecule has 2 unspecified atom stereocenters. The maximum atomic E-state index is 9.06. The summed E-state index contributed by atoms with van der Waals surface area (Å²) in [5, 5.41) is 15.0. The highest BCUT2D eigenvalue weighted by atomic mass is 32.2. The fourth-order valence-corrected chi connectivity index (χ4v) is 3.45. The topological polar surface area (TPSA) is 32.3 Å². The van der Waals surface area contributed by atoms with E-state index in [0.717, 1.165) is 11.5 Å². The summed E-state index contributed by atoms with van der Waals surface area (Å²) in [6.45, 7) is 2.35. The molecular weight excluding hydrogens is 266 g/mol. The van der Waals surface area contributed by atoms with Gasteiger partial charge in [-0.2, -0.15) is 11.8 Å². The molecule has 3 heteroatoms. The van der Waals surface area contributed by atoms with Crippen molar-refractivity contribution in [3.05, 3.63) is 48.0 Å². The van der Waals surface area contributed by atoms with Crippen LogP contribution in [-0.4, -0.2) is 30.3 Å². The lowest BCUT2D eigenvalue weighted by Crippen LogP contribution is -2.19. The van der Waals surface area contributed by atoms with Crippen LogP contribution in [0.5, 0.6) is 0 Å². The molecule has 0 aliphatic carbocycles. The highest BCUT2D eigenvalue weighted by Crippen LogP contribution is 2.23. The van der Waals surface area contributed by atoms with Crippen molar-refractivity contribution < 1.29 is 5.11 Å². The molecule has 0 radical (unpaired) electrons. The maximum Gasteiger partial charge on any atom is 0.0464 e. The van der Waals surface area contributed by atoms with Gasteiger partial charge in [-0.25, -0.2) is 0 Å². The molecule has 0 bridgehead atoms. The molecule has 108 valence electrons. The Morgan fingerprint density at radius 3 is 2.55 bits per heavy atom. The van der Waals surface area contributed by atoms with Gasteiger partial charge < -0.3 is 10.4 Å². The summed E-state index contributed by atoms with van der Waals surface area (Å²) in [5.41, 5.74) is 1.33. The average molecular weight is 289 g/mol. The molecule has 2 aromatic carbocycles. The van der Waals surface area contributed by atoms with Gasteiger partial charge in [0, 0.05) is 18.4 Å². The van der Waals surface area contributed by atoms with Crippen LogP contribution in [0.3, 0.4) is 0 Å². The minimum atomic E-state index is 0.271. The molecule has 2 rings (SSSR count). The van der Waals surface area contributed by atoms with E-state index in [1.807, 2.05) is 18.8 Å². The number of nitrogens with one attached hydrogen (secondary N) is 1. The quantitative estimate of drug-likeness (QED) is 0.818. The van der Waals surface area contributed by atoms with Gasteiger partial charge in [-0.1, -0.05) is 43.3 Å². The van der Waals surface area contributed by atoms with E-state index in [1.54, 1.807) is 0 Å². The van der Waals surface area contributed by atoms with Crippen molar-refractivity contribution in [2.45, 2.75) is 13.0 Å². The highest BCUT2D eigenvalue weighted by Gasteiger charge is 2.10. The molecule has 0 amide bonds. The largest absolute Gasteiger partial charge is 0.396 e. The third-order valence-corrected chi connectivity index (χ3v) is 4.90. The number of fused-ring (bicyclic) bond motifs is 1. The molecule has 2 aromatic rings. The van der Waals surface area contributed by atoms with Crippen LogP contribution in [0.15, 0.2) is 42.5 Å². The fraction of sp³-hybridized carbons (Fsp3) is 0.412. The molecule has 0 heterocycles. The van der Waals surface area contributed by atoms with Crippen molar-refractivity contribution in [2.75, 3.05) is 25.2 Å². The van der Waals surface area contributed by atoms with Crippen LogP contribution in [0.2, 0.25) is 0 Å². The first-order valence-electron chi connectivity index (χ1n) is 7.09. The van der Waals surface area contributed by atoms with E-state index in [4.69, 9.17) is 5.11 Å². The summed E-state index contributed by atoms with van der Waals surface area (Å²) in [6.07, 6.45) is 0. The Morgan fingerprint density at radius 1 is 1.10 bits per heavy atom. The van der Waals surface area contributed by atoms with Crippen molar-refractivity contribution in [2.24, 2.45) is 5.92 Å². The number of benzene rings is 2. The van der Waals surface area contributed by atoms with E-state index in [0.29, 0.717) is 12.0 Å². The normalized spacial score (nSPS) is 14.3. The van der Waals surface area contributed by atoms with E-state index in [2.05, 4.69) is 54.7 Å². The summed E-state index contributed by atoms with van der Waals surface area (Å²) in [6, 6.07) is 15.5. The number of hydrogen-bond donors (Lipinski definition) is 2. The van der Waals surface area contributed by atoms with Gasteiger partial charge >= 0.3 is 0 Å². The summed E-state index contributed by atoms with van der Waals surface area (Å²) < 4.78 is 0. The predicted octanol–water partition coefficient (Wildman–Crippen LogP) is 3.46. The van der Waals surface area contributed by atoms with Crippen LogP contribution >= 0.6 is 11.8 Å². The first kappa shape index (κ1) is 15.4. The second kappa shape index (κ2) is 7.67. The summed E-state index contributed by atoms with van der Waals surface area (Å²) >= 11 is 1.90. The lowest BCUT2D eigenvalue weighted by molar-refractivity contribution is 0.250. The molecule has 2 atom stereocenters. The van der Waals surface area contributed by atoms with E-state index >= 15 is 0 Å². The smallest absolute Gasteiger partial charge is 0.0464 e. The fourth-order valence-electron chi connectivity index (χ4n) is 2.21. The van der Waals surface area contributed by atoms with Crippen LogP contribution in [0.1, 0.15) is 18.5 Å². The molecule has 0 aliphatic heterocycles. The molecule has 0 aromatic heterocycles. The first-order valence-corrected chi connectivity index (χ1v) is 8.24. The minimum absolute atomic E-state index is 0.271. The van der Waals surface area contributed by atoms with Crippen LogP contribution in [-0.2, 0) is 0 Å². The van der Waals surface area contributed by atoms with E-state index in [9.17, 15) is 0 Å². The number of aliphatic hydroxyl groups excluding tert-OH is 1. The lowest BCUT2D eigenvalue weighted by Gasteiger charge is -2.18. The Hall–Kier alpha value is -1.03. The zero-order valence-electron chi connectivity index (χ0n) is 12.2. The zero-order chi connectivity index (χ0) is 14.4. The second-order valence-corrected chi connectivity index (χ2v) is 6.35. The molecule has 0 saturated heterocycles. The Morgan fingerprint density at radius 2 is 1.85 bits per heavy atom. The summed E-state index contributed by atoms with van der Waals surface area (Å²) in [4.78, 5) is 0.